The molecule has 0 aliphatic carbocycles. The lowest BCUT2D eigenvalue weighted by atomic mass is 10.1. The number of nitrogen functional groups attached to an aromatic ring is 2. The third kappa shape index (κ3) is 3.40. The van der Waals surface area contributed by atoms with Crippen LogP contribution in [0.4, 0.5) is 11.6 Å². The van der Waals surface area contributed by atoms with Gasteiger partial charge in [-0.05, 0) is 50.1 Å². The smallest absolute Gasteiger partial charge is 0.181 e. The van der Waals surface area contributed by atoms with Crippen molar-refractivity contribution in [2.75, 3.05) is 18.1 Å². The normalized spacial score (nSPS) is 11.0. The van der Waals surface area contributed by atoms with Crippen LogP contribution in [0.25, 0.3) is 5.65 Å². The molecule has 3 heterocycles. The number of hydrogen-bond acceptors (Lipinski definition) is 6. The molecule has 7 heteroatoms. The molecular weight excluding hydrogens is 318 g/mol. The SMILES string of the molecule is CCOc1cccn2c(C(=O)CCc3cc(N)nc(N)c3)c(C)nc12. The van der Waals surface area contributed by atoms with Gasteiger partial charge < -0.3 is 16.2 Å². The fourth-order valence-electron chi connectivity index (χ4n) is 2.92. The topological polar surface area (TPSA) is 109 Å². The highest BCUT2D eigenvalue weighted by Crippen LogP contribution is 2.23. The van der Waals surface area contributed by atoms with Crippen molar-refractivity contribution in [2.45, 2.75) is 26.7 Å². The molecule has 25 heavy (non-hydrogen) atoms. The monoisotopic (exact) mass is 339 g/mol. The van der Waals surface area contributed by atoms with Gasteiger partial charge in [0.25, 0.3) is 0 Å². The largest absolute Gasteiger partial charge is 0.490 e. The van der Waals surface area contributed by atoms with E-state index in [4.69, 9.17) is 16.2 Å². The first-order valence-corrected chi connectivity index (χ1v) is 8.15. The van der Waals surface area contributed by atoms with Crippen molar-refractivity contribution in [2.24, 2.45) is 0 Å². The molecule has 0 saturated carbocycles. The Morgan fingerprint density at radius 2 is 1.96 bits per heavy atom. The molecule has 0 aliphatic rings. The van der Waals surface area contributed by atoms with Crippen molar-refractivity contribution in [3.05, 3.63) is 47.4 Å². The van der Waals surface area contributed by atoms with Crippen LogP contribution >= 0.6 is 0 Å². The van der Waals surface area contributed by atoms with E-state index in [1.165, 1.54) is 0 Å². The fraction of sp³-hybridized carbons (Fsp3) is 0.278. The van der Waals surface area contributed by atoms with Crippen LogP contribution in [-0.4, -0.2) is 26.8 Å². The van der Waals surface area contributed by atoms with Gasteiger partial charge in [-0.3, -0.25) is 9.20 Å². The number of fused-ring (bicyclic) bond motifs is 1. The van der Waals surface area contributed by atoms with E-state index in [1.807, 2.05) is 32.2 Å². The van der Waals surface area contributed by atoms with Gasteiger partial charge in [0.1, 0.15) is 17.3 Å². The van der Waals surface area contributed by atoms with E-state index in [0.717, 1.165) is 5.56 Å². The molecule has 0 amide bonds. The molecule has 0 saturated heterocycles. The molecule has 0 bridgehead atoms. The van der Waals surface area contributed by atoms with Gasteiger partial charge in [0.2, 0.25) is 0 Å². The Bertz CT molecular complexity index is 912. The van der Waals surface area contributed by atoms with Crippen molar-refractivity contribution in [3.63, 3.8) is 0 Å². The van der Waals surface area contributed by atoms with Gasteiger partial charge in [-0.2, -0.15) is 0 Å². The zero-order valence-electron chi connectivity index (χ0n) is 14.3. The van der Waals surface area contributed by atoms with E-state index in [1.54, 1.807) is 16.5 Å². The van der Waals surface area contributed by atoms with Crippen LogP contribution in [0.2, 0.25) is 0 Å². The molecule has 0 aromatic carbocycles. The lowest BCUT2D eigenvalue weighted by Crippen LogP contribution is -2.08. The average Bonchev–Trinajstić information content (AvgIpc) is 2.89. The van der Waals surface area contributed by atoms with Gasteiger partial charge in [0, 0.05) is 12.6 Å². The number of hydrogen-bond donors (Lipinski definition) is 2. The fourth-order valence-corrected chi connectivity index (χ4v) is 2.92. The second kappa shape index (κ2) is 6.80. The van der Waals surface area contributed by atoms with Crippen LogP contribution in [0.1, 0.15) is 35.1 Å². The summed E-state index contributed by atoms with van der Waals surface area (Å²) in [5.74, 6) is 1.39. The molecule has 0 atom stereocenters. The number of anilines is 2. The molecule has 0 fully saturated rings. The minimum atomic E-state index is 0.00704. The molecule has 0 unspecified atom stereocenters. The van der Waals surface area contributed by atoms with Gasteiger partial charge in [0.15, 0.2) is 17.2 Å². The number of pyridine rings is 2. The summed E-state index contributed by atoms with van der Waals surface area (Å²) >= 11 is 0. The van der Waals surface area contributed by atoms with Crippen molar-refractivity contribution in [3.8, 4) is 5.75 Å². The molecule has 3 aromatic heterocycles. The van der Waals surface area contributed by atoms with E-state index in [0.29, 0.717) is 53.9 Å². The van der Waals surface area contributed by atoms with Crippen molar-refractivity contribution in [1.82, 2.24) is 14.4 Å². The van der Waals surface area contributed by atoms with E-state index in [-0.39, 0.29) is 5.78 Å². The number of rotatable bonds is 6. The summed E-state index contributed by atoms with van der Waals surface area (Å²) < 4.78 is 7.38. The number of carbonyl (C=O) groups excluding carboxylic acids is 1. The summed E-state index contributed by atoms with van der Waals surface area (Å²) in [7, 11) is 0. The second-order valence-corrected chi connectivity index (χ2v) is 5.79. The summed E-state index contributed by atoms with van der Waals surface area (Å²) in [6, 6.07) is 7.17. The zero-order valence-corrected chi connectivity index (χ0v) is 14.3. The van der Waals surface area contributed by atoms with E-state index < -0.39 is 0 Å². The quantitative estimate of drug-likeness (QED) is 0.668. The van der Waals surface area contributed by atoms with Crippen molar-refractivity contribution < 1.29 is 9.53 Å². The Hall–Kier alpha value is -3.09. The summed E-state index contributed by atoms with van der Waals surface area (Å²) in [5, 5.41) is 0. The predicted octanol–water partition coefficient (Wildman–Crippen LogP) is 2.42. The van der Waals surface area contributed by atoms with E-state index >= 15 is 0 Å². The average molecular weight is 339 g/mol. The second-order valence-electron chi connectivity index (χ2n) is 5.79. The number of Topliss-reactive ketones (excluding diaryl/α,β-unsaturated/α-hetero) is 1. The Morgan fingerprint density at radius 3 is 2.64 bits per heavy atom. The molecule has 0 aliphatic heterocycles. The molecule has 0 radical (unpaired) electrons. The Labute approximate surface area is 145 Å². The number of nitrogens with two attached hydrogens (primary N) is 2. The molecule has 7 nitrogen and oxygen atoms in total. The highest BCUT2D eigenvalue weighted by Gasteiger charge is 2.18. The van der Waals surface area contributed by atoms with Gasteiger partial charge >= 0.3 is 0 Å². The molecule has 3 aromatic rings. The van der Waals surface area contributed by atoms with Gasteiger partial charge in [0.05, 0.1) is 12.3 Å². The number of nitrogens with zero attached hydrogens (tertiary/aromatic N) is 3. The number of aromatic nitrogens is 3. The molecule has 0 spiro atoms. The van der Waals surface area contributed by atoms with Gasteiger partial charge in [-0.1, -0.05) is 0 Å². The van der Waals surface area contributed by atoms with Crippen molar-refractivity contribution in [1.29, 1.82) is 0 Å². The lowest BCUT2D eigenvalue weighted by Gasteiger charge is -2.07. The maximum absolute atomic E-state index is 12.8. The maximum atomic E-state index is 12.8. The summed E-state index contributed by atoms with van der Waals surface area (Å²) in [6.45, 7) is 4.29. The number of ketones is 1. The molecule has 4 N–H and O–H groups in total. The zero-order chi connectivity index (χ0) is 18.0. The van der Waals surface area contributed by atoms with Crippen molar-refractivity contribution >= 4 is 23.1 Å². The number of ether oxygens (including phenoxy) is 1. The van der Waals surface area contributed by atoms with Crippen LogP contribution in [0.3, 0.4) is 0 Å². The Balaban J connectivity index is 1.87. The standard InChI is InChI=1S/C18H21N5O2/c1-3-25-14-5-4-8-23-17(11(2)21-18(14)23)13(24)7-6-12-9-15(19)22-16(20)10-12/h4-5,8-10H,3,6-7H2,1-2H3,(H4,19,20,22). The first kappa shape index (κ1) is 16.8. The lowest BCUT2D eigenvalue weighted by molar-refractivity contribution is 0.0976. The minimum Gasteiger partial charge on any atom is -0.490 e. The Kier molecular flexibility index (Phi) is 4.56. The number of carbonyl (C=O) groups is 1. The first-order valence-electron chi connectivity index (χ1n) is 8.15. The van der Waals surface area contributed by atoms with Crippen LogP contribution in [0, 0.1) is 6.92 Å². The molecule has 130 valence electrons. The third-order valence-corrected chi connectivity index (χ3v) is 3.92. The summed E-state index contributed by atoms with van der Waals surface area (Å²) in [4.78, 5) is 21.2. The van der Waals surface area contributed by atoms with Gasteiger partial charge in [-0.25, -0.2) is 9.97 Å². The van der Waals surface area contributed by atoms with Crippen LogP contribution in [-0.2, 0) is 6.42 Å². The summed E-state index contributed by atoms with van der Waals surface area (Å²) in [5.41, 5.74) is 14.2. The van der Waals surface area contributed by atoms with Crippen LogP contribution < -0.4 is 16.2 Å². The maximum Gasteiger partial charge on any atom is 0.181 e. The van der Waals surface area contributed by atoms with Gasteiger partial charge in [-0.15, -0.1) is 0 Å². The third-order valence-electron chi connectivity index (χ3n) is 3.92. The summed E-state index contributed by atoms with van der Waals surface area (Å²) in [6.07, 6.45) is 2.69. The van der Waals surface area contributed by atoms with E-state index in [2.05, 4.69) is 9.97 Å². The van der Waals surface area contributed by atoms with Crippen LogP contribution in [0.5, 0.6) is 5.75 Å². The molecule has 3 rings (SSSR count). The first-order chi connectivity index (χ1) is 12.0. The highest BCUT2D eigenvalue weighted by atomic mass is 16.5. The highest BCUT2D eigenvalue weighted by molar-refractivity contribution is 5.96. The molecular formula is C18H21N5O2. The van der Waals surface area contributed by atoms with E-state index in [9.17, 15) is 4.79 Å². The van der Waals surface area contributed by atoms with Crippen LogP contribution in [0.15, 0.2) is 30.5 Å². The Morgan fingerprint density at radius 1 is 1.24 bits per heavy atom. The predicted molar refractivity (Wildman–Crippen MR) is 96.8 cm³/mol. The number of aryl methyl sites for hydroxylation is 2. The number of imidazole rings is 1. The minimum absolute atomic E-state index is 0.00704.